The summed E-state index contributed by atoms with van der Waals surface area (Å²) < 4.78 is 0. The zero-order chi connectivity index (χ0) is 28.8. The Balaban J connectivity index is 1.72. The predicted octanol–water partition coefficient (Wildman–Crippen LogP) is 9.75. The molecule has 0 amide bonds. The average molecular weight is 545 g/mol. The van der Waals surface area contributed by atoms with Gasteiger partial charge in [0, 0.05) is 51.7 Å². The van der Waals surface area contributed by atoms with E-state index >= 15 is 0 Å². The number of thioether (sulfide) groups is 1. The van der Waals surface area contributed by atoms with Gasteiger partial charge in [-0.1, -0.05) is 67.5 Å². The smallest absolute Gasteiger partial charge is 0.123 e. The maximum Gasteiger partial charge on any atom is 0.123 e. The van der Waals surface area contributed by atoms with Crippen LogP contribution in [0.3, 0.4) is 0 Å². The molecule has 0 spiro atoms. The highest BCUT2D eigenvalue weighted by atomic mass is 32.2. The van der Waals surface area contributed by atoms with E-state index in [0.29, 0.717) is 17.7 Å². The number of hydrogen-bond donors (Lipinski definition) is 2. The van der Waals surface area contributed by atoms with E-state index in [1.807, 2.05) is 30.0 Å². The number of nitrogens with zero attached hydrogens (tertiary/aromatic N) is 1. The fourth-order valence-electron chi connectivity index (χ4n) is 5.00. The van der Waals surface area contributed by atoms with E-state index < -0.39 is 0 Å². The van der Waals surface area contributed by atoms with Gasteiger partial charge in [0.1, 0.15) is 5.75 Å². The minimum Gasteiger partial charge on any atom is -0.507 e. The van der Waals surface area contributed by atoms with Gasteiger partial charge in [-0.3, -0.25) is 0 Å². The standard InChI is InChI=1S/C35H48N2OS/c1-25(2)22-26(3)37(29-18-16-28(17-19-29)36-27-14-11-10-12-15-27)20-13-21-39-30-23-31(34(4,5)6)33(38)32(24-30)35(7,8)9/h11,14-19,23-26,36,38H,13,20-22H2,1-9H3. The molecular weight excluding hydrogens is 496 g/mol. The summed E-state index contributed by atoms with van der Waals surface area (Å²) in [6.07, 6.45) is 2.24. The van der Waals surface area contributed by atoms with Gasteiger partial charge in [0.25, 0.3) is 0 Å². The number of phenolic OH excluding ortho intramolecular Hbond substituents is 1. The Labute approximate surface area is 242 Å². The summed E-state index contributed by atoms with van der Waals surface area (Å²) in [6, 6.07) is 25.4. The molecule has 0 bridgehead atoms. The highest BCUT2D eigenvalue weighted by Gasteiger charge is 2.26. The van der Waals surface area contributed by atoms with E-state index in [0.717, 1.165) is 47.6 Å². The zero-order valence-corrected chi connectivity index (χ0v) is 26.3. The Morgan fingerprint density at radius 1 is 0.872 bits per heavy atom. The van der Waals surface area contributed by atoms with Gasteiger partial charge in [0.2, 0.25) is 0 Å². The van der Waals surface area contributed by atoms with Crippen LogP contribution in [0.4, 0.5) is 17.1 Å². The lowest BCUT2D eigenvalue weighted by Crippen LogP contribution is -2.35. The number of benzene rings is 2. The molecule has 0 saturated carbocycles. The first-order valence-corrected chi connectivity index (χ1v) is 15.3. The fraction of sp³-hybridized carbons (Fsp3) is 0.486. The van der Waals surface area contributed by atoms with Crippen LogP contribution in [0.15, 0.2) is 59.5 Å². The SMILES string of the molecule is CC(C)CC(C)N(CCCSc1cc(C(C)(C)C)c(O)c(C(C)(C)C)c1)c1ccc(Nc2cc#ccc2)cc1. The van der Waals surface area contributed by atoms with Crippen LogP contribution in [0.2, 0.25) is 0 Å². The van der Waals surface area contributed by atoms with E-state index in [2.05, 4.69) is 121 Å². The van der Waals surface area contributed by atoms with Crippen molar-refractivity contribution in [2.75, 3.05) is 22.5 Å². The quantitative estimate of drug-likeness (QED) is 0.186. The van der Waals surface area contributed by atoms with Gasteiger partial charge in [-0.25, -0.2) is 0 Å². The molecule has 0 heterocycles. The lowest BCUT2D eigenvalue weighted by molar-refractivity contribution is 0.422. The third-order valence-electron chi connectivity index (χ3n) is 7.00. The minimum absolute atomic E-state index is 0.109. The van der Waals surface area contributed by atoms with Crippen LogP contribution in [0.25, 0.3) is 0 Å². The molecule has 39 heavy (non-hydrogen) atoms. The Morgan fingerprint density at radius 3 is 2.00 bits per heavy atom. The van der Waals surface area contributed by atoms with Gasteiger partial charge in [0.05, 0.1) is 0 Å². The molecule has 3 aromatic rings. The molecule has 3 aromatic carbocycles. The highest BCUT2D eigenvalue weighted by Crippen LogP contribution is 2.42. The van der Waals surface area contributed by atoms with Gasteiger partial charge in [-0.15, -0.1) is 11.8 Å². The molecule has 1 unspecified atom stereocenters. The van der Waals surface area contributed by atoms with Gasteiger partial charge in [0.15, 0.2) is 0 Å². The predicted molar refractivity (Wildman–Crippen MR) is 171 cm³/mol. The second kappa shape index (κ2) is 13.1. The first-order valence-electron chi connectivity index (χ1n) is 14.3. The van der Waals surface area contributed by atoms with Gasteiger partial charge < -0.3 is 15.3 Å². The fourth-order valence-corrected chi connectivity index (χ4v) is 5.91. The summed E-state index contributed by atoms with van der Waals surface area (Å²) in [7, 11) is 0. The van der Waals surface area contributed by atoms with Crippen molar-refractivity contribution >= 4 is 28.8 Å². The van der Waals surface area contributed by atoms with Crippen LogP contribution in [0.1, 0.15) is 86.3 Å². The van der Waals surface area contributed by atoms with Gasteiger partial charge in [-0.2, -0.15) is 0 Å². The summed E-state index contributed by atoms with van der Waals surface area (Å²) in [4.78, 5) is 3.81. The summed E-state index contributed by atoms with van der Waals surface area (Å²) in [5, 5.41) is 14.5. The summed E-state index contributed by atoms with van der Waals surface area (Å²) in [5.41, 5.74) is 5.20. The van der Waals surface area contributed by atoms with Crippen LogP contribution < -0.4 is 10.2 Å². The number of phenols is 1. The molecule has 0 saturated heterocycles. The second-order valence-electron chi connectivity index (χ2n) is 13.1. The molecule has 3 nitrogen and oxygen atoms in total. The maximum atomic E-state index is 11.1. The molecule has 210 valence electrons. The monoisotopic (exact) mass is 544 g/mol. The van der Waals surface area contributed by atoms with Crippen molar-refractivity contribution < 1.29 is 5.11 Å². The molecular formula is C35H48N2OS. The lowest BCUT2D eigenvalue weighted by Gasteiger charge is -2.33. The van der Waals surface area contributed by atoms with E-state index in [1.165, 1.54) is 10.6 Å². The zero-order valence-electron chi connectivity index (χ0n) is 25.5. The number of hydrogen-bond acceptors (Lipinski definition) is 4. The van der Waals surface area contributed by atoms with Crippen LogP contribution >= 0.6 is 11.8 Å². The minimum atomic E-state index is -0.109. The molecule has 3 rings (SSSR count). The van der Waals surface area contributed by atoms with Crippen LogP contribution in [-0.2, 0) is 10.8 Å². The largest absolute Gasteiger partial charge is 0.507 e. The first-order chi connectivity index (χ1) is 18.3. The van der Waals surface area contributed by atoms with Crippen molar-refractivity contribution in [3.05, 3.63) is 77.9 Å². The third kappa shape index (κ3) is 8.87. The molecule has 0 radical (unpaired) electrons. The Bertz CT molecular complexity index is 1140. The van der Waals surface area contributed by atoms with Crippen LogP contribution in [-0.4, -0.2) is 23.4 Å². The molecule has 0 aliphatic carbocycles. The van der Waals surface area contributed by atoms with Crippen molar-refractivity contribution in [1.29, 1.82) is 0 Å². The molecule has 0 aliphatic heterocycles. The van der Waals surface area contributed by atoms with Gasteiger partial charge >= 0.3 is 0 Å². The molecule has 0 aromatic heterocycles. The van der Waals surface area contributed by atoms with E-state index in [4.69, 9.17) is 0 Å². The van der Waals surface area contributed by atoms with Crippen LogP contribution in [0, 0.1) is 18.1 Å². The average Bonchev–Trinajstić information content (AvgIpc) is 2.84. The molecule has 4 heteroatoms. The van der Waals surface area contributed by atoms with Crippen molar-refractivity contribution in [3.63, 3.8) is 0 Å². The van der Waals surface area contributed by atoms with Crippen LogP contribution in [0.5, 0.6) is 5.75 Å². The number of anilines is 3. The topological polar surface area (TPSA) is 35.5 Å². The Kier molecular flexibility index (Phi) is 10.3. The Hall–Kier alpha value is -2.77. The Morgan fingerprint density at radius 2 is 1.49 bits per heavy atom. The van der Waals surface area contributed by atoms with Crippen molar-refractivity contribution in [3.8, 4) is 5.75 Å². The van der Waals surface area contributed by atoms with Crippen molar-refractivity contribution in [2.45, 2.75) is 96.9 Å². The normalized spacial score (nSPS) is 12.8. The summed E-state index contributed by atoms with van der Waals surface area (Å²) in [6.45, 7) is 21.0. The highest BCUT2D eigenvalue weighted by molar-refractivity contribution is 7.99. The van der Waals surface area contributed by atoms with E-state index in [9.17, 15) is 5.11 Å². The second-order valence-corrected chi connectivity index (χ2v) is 14.3. The number of aromatic hydroxyl groups is 1. The number of rotatable bonds is 11. The molecule has 1 atom stereocenters. The van der Waals surface area contributed by atoms with Crippen molar-refractivity contribution in [2.24, 2.45) is 5.92 Å². The molecule has 0 aliphatic rings. The molecule has 0 fully saturated rings. The number of nitrogens with one attached hydrogen (secondary N) is 1. The molecule has 2 N–H and O–H groups in total. The van der Waals surface area contributed by atoms with E-state index in [-0.39, 0.29) is 10.8 Å². The van der Waals surface area contributed by atoms with Gasteiger partial charge in [-0.05, 0) is 90.8 Å². The summed E-state index contributed by atoms with van der Waals surface area (Å²) in [5.74, 6) is 2.13. The van der Waals surface area contributed by atoms with E-state index in [1.54, 1.807) is 0 Å². The maximum absolute atomic E-state index is 11.1. The lowest BCUT2D eigenvalue weighted by atomic mass is 9.79. The third-order valence-corrected chi connectivity index (χ3v) is 8.06. The summed E-state index contributed by atoms with van der Waals surface area (Å²) >= 11 is 1.90. The van der Waals surface area contributed by atoms with Crippen molar-refractivity contribution in [1.82, 2.24) is 0 Å². The first kappa shape index (κ1) is 30.8.